The lowest BCUT2D eigenvalue weighted by atomic mass is 9.94. The highest BCUT2D eigenvalue weighted by Crippen LogP contribution is 2.39. The van der Waals surface area contributed by atoms with Gasteiger partial charge in [0, 0.05) is 17.8 Å². The molecule has 0 radical (unpaired) electrons. The molecule has 2 N–H and O–H groups in total. The Labute approximate surface area is 143 Å². The summed E-state index contributed by atoms with van der Waals surface area (Å²) in [5, 5.41) is 17.7. The summed E-state index contributed by atoms with van der Waals surface area (Å²) in [5.74, 6) is 1.55. The smallest absolute Gasteiger partial charge is 0.168 e. The minimum absolute atomic E-state index is 0.103. The number of nitrogens with one attached hydrogen (secondary N) is 1. The SMILES string of the molecule is Cc1nc2sc3c(c2c2nc(CNCCO)nn12)CC(C)(C)OC3. The van der Waals surface area contributed by atoms with Crippen molar-refractivity contribution in [3.63, 3.8) is 0 Å². The Hall–Kier alpha value is -1.61. The van der Waals surface area contributed by atoms with Crippen molar-refractivity contribution in [3.8, 4) is 0 Å². The van der Waals surface area contributed by atoms with Crippen LogP contribution in [-0.2, 0) is 24.3 Å². The van der Waals surface area contributed by atoms with E-state index in [1.54, 1.807) is 11.3 Å². The second-order valence-electron chi connectivity index (χ2n) is 6.73. The predicted octanol–water partition coefficient (Wildman–Crippen LogP) is 1.58. The van der Waals surface area contributed by atoms with Gasteiger partial charge in [0.15, 0.2) is 11.5 Å². The molecule has 1 aliphatic rings. The van der Waals surface area contributed by atoms with Gasteiger partial charge in [0.05, 0.1) is 30.7 Å². The maximum atomic E-state index is 8.89. The third-order valence-electron chi connectivity index (χ3n) is 4.28. The monoisotopic (exact) mass is 347 g/mol. The second kappa shape index (κ2) is 5.73. The van der Waals surface area contributed by atoms with Crippen LogP contribution >= 0.6 is 11.3 Å². The lowest BCUT2D eigenvalue weighted by molar-refractivity contribution is -0.0379. The fourth-order valence-electron chi connectivity index (χ4n) is 3.14. The Morgan fingerprint density at radius 1 is 1.38 bits per heavy atom. The van der Waals surface area contributed by atoms with Crippen molar-refractivity contribution in [2.75, 3.05) is 13.2 Å². The molecule has 0 aromatic carbocycles. The van der Waals surface area contributed by atoms with Gasteiger partial charge in [0.1, 0.15) is 10.7 Å². The van der Waals surface area contributed by atoms with Gasteiger partial charge in [-0.15, -0.1) is 16.4 Å². The van der Waals surface area contributed by atoms with Gasteiger partial charge in [-0.2, -0.15) is 4.52 Å². The molecule has 128 valence electrons. The van der Waals surface area contributed by atoms with Gasteiger partial charge in [-0.3, -0.25) is 0 Å². The summed E-state index contributed by atoms with van der Waals surface area (Å²) < 4.78 is 7.77. The number of hydrogen-bond acceptors (Lipinski definition) is 7. The first kappa shape index (κ1) is 15.9. The summed E-state index contributed by atoms with van der Waals surface area (Å²) in [4.78, 5) is 11.7. The number of aromatic nitrogens is 4. The maximum Gasteiger partial charge on any atom is 0.168 e. The van der Waals surface area contributed by atoms with Crippen LogP contribution in [0.5, 0.6) is 0 Å². The fraction of sp³-hybridized carbons (Fsp3) is 0.562. The molecule has 0 unspecified atom stereocenters. The van der Waals surface area contributed by atoms with Gasteiger partial charge >= 0.3 is 0 Å². The van der Waals surface area contributed by atoms with Crippen molar-refractivity contribution in [1.29, 1.82) is 0 Å². The molecule has 7 nitrogen and oxygen atoms in total. The Bertz CT molecular complexity index is 914. The molecule has 0 spiro atoms. The third kappa shape index (κ3) is 2.59. The summed E-state index contributed by atoms with van der Waals surface area (Å²) >= 11 is 1.69. The minimum atomic E-state index is -0.172. The molecule has 3 aromatic heterocycles. The summed E-state index contributed by atoms with van der Waals surface area (Å²) in [6, 6.07) is 0. The number of aliphatic hydroxyl groups excluding tert-OH is 1. The topological polar surface area (TPSA) is 84.6 Å². The average molecular weight is 347 g/mol. The summed E-state index contributed by atoms with van der Waals surface area (Å²) in [5.41, 5.74) is 1.99. The number of fused-ring (bicyclic) bond motifs is 5. The van der Waals surface area contributed by atoms with Crippen LogP contribution in [0, 0.1) is 6.92 Å². The van der Waals surface area contributed by atoms with Crippen LogP contribution in [0.25, 0.3) is 15.9 Å². The van der Waals surface area contributed by atoms with Crippen LogP contribution in [0.15, 0.2) is 0 Å². The molecule has 4 rings (SSSR count). The Balaban J connectivity index is 1.87. The molecule has 0 saturated carbocycles. The van der Waals surface area contributed by atoms with E-state index in [1.807, 2.05) is 11.4 Å². The molecule has 0 aliphatic carbocycles. The van der Waals surface area contributed by atoms with Crippen molar-refractivity contribution in [2.45, 2.75) is 45.9 Å². The molecule has 8 heteroatoms. The van der Waals surface area contributed by atoms with E-state index in [9.17, 15) is 0 Å². The highest BCUT2D eigenvalue weighted by molar-refractivity contribution is 7.19. The van der Waals surface area contributed by atoms with Crippen molar-refractivity contribution >= 4 is 27.2 Å². The number of ether oxygens (including phenoxy) is 1. The van der Waals surface area contributed by atoms with Gasteiger partial charge in [-0.05, 0) is 26.3 Å². The van der Waals surface area contributed by atoms with E-state index >= 15 is 0 Å². The number of thiophene rings is 1. The average Bonchev–Trinajstić information content (AvgIpc) is 3.08. The van der Waals surface area contributed by atoms with Gasteiger partial charge in [0.25, 0.3) is 0 Å². The number of nitrogens with zero attached hydrogens (tertiary/aromatic N) is 4. The normalized spacial score (nSPS) is 16.8. The van der Waals surface area contributed by atoms with E-state index in [0.717, 1.165) is 28.1 Å². The standard InChI is InChI=1S/C16H21N5O2S/c1-9-18-15-13(10-6-16(2,3)23-8-11(10)24-15)14-19-12(20-21(9)14)7-17-4-5-22/h17,22H,4-8H2,1-3H3. The van der Waals surface area contributed by atoms with Gasteiger partial charge < -0.3 is 15.2 Å². The maximum absolute atomic E-state index is 8.89. The molecule has 0 amide bonds. The molecule has 24 heavy (non-hydrogen) atoms. The number of aliphatic hydroxyl groups is 1. The van der Waals surface area contributed by atoms with E-state index in [-0.39, 0.29) is 12.2 Å². The molecule has 0 bridgehead atoms. The quantitative estimate of drug-likeness (QED) is 0.697. The predicted molar refractivity (Wildman–Crippen MR) is 92.3 cm³/mol. The molecule has 0 saturated heterocycles. The number of hydrogen-bond donors (Lipinski definition) is 2. The van der Waals surface area contributed by atoms with E-state index in [2.05, 4.69) is 24.3 Å². The number of aryl methyl sites for hydroxylation is 1. The van der Waals surface area contributed by atoms with Crippen molar-refractivity contribution in [1.82, 2.24) is 24.9 Å². The number of rotatable bonds is 4. The zero-order valence-electron chi connectivity index (χ0n) is 14.1. The van der Waals surface area contributed by atoms with Crippen LogP contribution in [0.2, 0.25) is 0 Å². The van der Waals surface area contributed by atoms with Crippen molar-refractivity contribution in [2.24, 2.45) is 0 Å². The summed E-state index contributed by atoms with van der Waals surface area (Å²) in [6.07, 6.45) is 0.855. The fourth-order valence-corrected chi connectivity index (χ4v) is 4.28. The van der Waals surface area contributed by atoms with Crippen LogP contribution in [-0.4, -0.2) is 43.4 Å². The van der Waals surface area contributed by atoms with Crippen LogP contribution < -0.4 is 5.32 Å². The van der Waals surface area contributed by atoms with Crippen molar-refractivity contribution < 1.29 is 9.84 Å². The zero-order chi connectivity index (χ0) is 16.9. The van der Waals surface area contributed by atoms with E-state index in [0.29, 0.717) is 25.5 Å². The highest BCUT2D eigenvalue weighted by Gasteiger charge is 2.31. The van der Waals surface area contributed by atoms with Gasteiger partial charge in [-0.1, -0.05) is 0 Å². The highest BCUT2D eigenvalue weighted by atomic mass is 32.1. The third-order valence-corrected chi connectivity index (χ3v) is 5.38. The second-order valence-corrected chi connectivity index (χ2v) is 7.82. The molecule has 4 heterocycles. The molecular formula is C16H21N5O2S. The Morgan fingerprint density at radius 2 is 2.21 bits per heavy atom. The van der Waals surface area contributed by atoms with Crippen LogP contribution in [0.4, 0.5) is 0 Å². The van der Waals surface area contributed by atoms with E-state index in [1.165, 1.54) is 10.4 Å². The van der Waals surface area contributed by atoms with Gasteiger partial charge in [-0.25, -0.2) is 9.97 Å². The lowest BCUT2D eigenvalue weighted by Crippen LogP contribution is -2.31. The Morgan fingerprint density at radius 3 is 3.00 bits per heavy atom. The summed E-state index contributed by atoms with van der Waals surface area (Å²) in [6.45, 7) is 7.98. The first-order valence-corrected chi connectivity index (χ1v) is 8.92. The molecule has 0 atom stereocenters. The van der Waals surface area contributed by atoms with E-state index in [4.69, 9.17) is 19.8 Å². The zero-order valence-corrected chi connectivity index (χ0v) is 14.9. The molecule has 1 aliphatic heterocycles. The molecule has 0 fully saturated rings. The van der Waals surface area contributed by atoms with Gasteiger partial charge in [0.2, 0.25) is 0 Å². The van der Waals surface area contributed by atoms with Crippen LogP contribution in [0.3, 0.4) is 0 Å². The summed E-state index contributed by atoms with van der Waals surface area (Å²) in [7, 11) is 0. The largest absolute Gasteiger partial charge is 0.395 e. The minimum Gasteiger partial charge on any atom is -0.395 e. The first-order chi connectivity index (χ1) is 11.5. The Kier molecular flexibility index (Phi) is 3.80. The first-order valence-electron chi connectivity index (χ1n) is 8.10. The lowest BCUT2D eigenvalue weighted by Gasteiger charge is -2.30. The van der Waals surface area contributed by atoms with E-state index < -0.39 is 0 Å². The van der Waals surface area contributed by atoms with Crippen LogP contribution in [0.1, 0.15) is 35.9 Å². The van der Waals surface area contributed by atoms with Crippen molar-refractivity contribution in [3.05, 3.63) is 22.1 Å². The molecular weight excluding hydrogens is 326 g/mol. The molecule has 3 aromatic rings.